The zero-order chi connectivity index (χ0) is 16.2. The molecule has 0 bridgehead atoms. The van der Waals surface area contributed by atoms with E-state index < -0.39 is 0 Å². The summed E-state index contributed by atoms with van der Waals surface area (Å²) in [6.07, 6.45) is 0.156. The molecule has 1 aliphatic rings. The topological polar surface area (TPSA) is 60.9 Å². The van der Waals surface area contributed by atoms with Crippen LogP contribution in [0.5, 0.6) is 5.88 Å². The summed E-state index contributed by atoms with van der Waals surface area (Å²) in [5.41, 5.74) is 0.329. The maximum atomic E-state index is 12.6. The number of nitrogens with zero attached hydrogens (tertiary/aromatic N) is 2. The molecule has 1 aromatic rings. The second-order valence-electron chi connectivity index (χ2n) is 6.08. The quantitative estimate of drug-likeness (QED) is 0.820. The fraction of sp³-hybridized carbons (Fsp3) is 0.625. The summed E-state index contributed by atoms with van der Waals surface area (Å²) in [4.78, 5) is 18.7. The number of hydrogen-bond acceptors (Lipinski definition) is 5. The SMILES string of the molecule is COC[C@@H]1CN(C(=O)Cc2cccc(OC)n2)CC(C)(C)O1. The summed E-state index contributed by atoms with van der Waals surface area (Å²) in [7, 11) is 3.20. The number of carbonyl (C=O) groups excluding carboxylic acids is 1. The molecule has 0 radical (unpaired) electrons. The molecule has 0 aliphatic carbocycles. The lowest BCUT2D eigenvalue weighted by molar-refractivity contribution is -0.168. The van der Waals surface area contributed by atoms with E-state index in [1.54, 1.807) is 20.3 Å². The number of methoxy groups -OCH3 is 2. The van der Waals surface area contributed by atoms with E-state index in [0.29, 0.717) is 31.3 Å². The fourth-order valence-corrected chi connectivity index (χ4v) is 2.69. The van der Waals surface area contributed by atoms with E-state index in [2.05, 4.69) is 4.98 Å². The Bertz CT molecular complexity index is 519. The van der Waals surface area contributed by atoms with Crippen LogP contribution < -0.4 is 4.74 Å². The molecule has 1 saturated heterocycles. The van der Waals surface area contributed by atoms with Crippen LogP contribution in [-0.4, -0.2) is 61.4 Å². The van der Waals surface area contributed by atoms with Gasteiger partial charge < -0.3 is 19.1 Å². The Morgan fingerprint density at radius 3 is 2.91 bits per heavy atom. The molecule has 1 aromatic heterocycles. The molecule has 2 heterocycles. The molecule has 6 nitrogen and oxygen atoms in total. The molecule has 1 atom stereocenters. The highest BCUT2D eigenvalue weighted by Gasteiger charge is 2.35. The maximum Gasteiger partial charge on any atom is 0.228 e. The molecule has 0 N–H and O–H groups in total. The smallest absolute Gasteiger partial charge is 0.228 e. The van der Waals surface area contributed by atoms with Crippen molar-refractivity contribution in [3.63, 3.8) is 0 Å². The second kappa shape index (κ2) is 7.07. The van der Waals surface area contributed by atoms with Gasteiger partial charge >= 0.3 is 0 Å². The van der Waals surface area contributed by atoms with Crippen molar-refractivity contribution in [2.75, 3.05) is 33.9 Å². The van der Waals surface area contributed by atoms with Crippen molar-refractivity contribution in [3.05, 3.63) is 23.9 Å². The lowest BCUT2D eigenvalue weighted by Gasteiger charge is -2.42. The number of rotatable bonds is 5. The van der Waals surface area contributed by atoms with Crippen LogP contribution >= 0.6 is 0 Å². The Morgan fingerprint density at radius 1 is 1.45 bits per heavy atom. The minimum absolute atomic E-state index is 0.0400. The molecule has 1 fully saturated rings. The monoisotopic (exact) mass is 308 g/mol. The molecule has 22 heavy (non-hydrogen) atoms. The van der Waals surface area contributed by atoms with Gasteiger partial charge in [0, 0.05) is 26.3 Å². The summed E-state index contributed by atoms with van der Waals surface area (Å²) in [6, 6.07) is 5.44. The Labute approximate surface area is 131 Å². The number of pyridine rings is 1. The number of amides is 1. The average Bonchev–Trinajstić information content (AvgIpc) is 2.46. The largest absolute Gasteiger partial charge is 0.481 e. The highest BCUT2D eigenvalue weighted by atomic mass is 16.5. The van der Waals surface area contributed by atoms with Crippen LogP contribution in [0.1, 0.15) is 19.5 Å². The normalized spacial score (nSPS) is 20.7. The van der Waals surface area contributed by atoms with Gasteiger partial charge in [0.2, 0.25) is 11.8 Å². The van der Waals surface area contributed by atoms with Crippen molar-refractivity contribution >= 4 is 5.91 Å². The van der Waals surface area contributed by atoms with Crippen LogP contribution in [0, 0.1) is 0 Å². The zero-order valence-electron chi connectivity index (χ0n) is 13.7. The number of ether oxygens (including phenoxy) is 3. The van der Waals surface area contributed by atoms with Gasteiger partial charge in [0.25, 0.3) is 0 Å². The summed E-state index contributed by atoms with van der Waals surface area (Å²) in [6.45, 7) is 5.55. The summed E-state index contributed by atoms with van der Waals surface area (Å²) >= 11 is 0. The number of aromatic nitrogens is 1. The van der Waals surface area contributed by atoms with E-state index >= 15 is 0 Å². The summed E-state index contributed by atoms with van der Waals surface area (Å²) < 4.78 is 16.2. The highest BCUT2D eigenvalue weighted by molar-refractivity contribution is 5.78. The third-order valence-electron chi connectivity index (χ3n) is 3.51. The second-order valence-corrected chi connectivity index (χ2v) is 6.08. The Balaban J connectivity index is 2.04. The molecule has 2 rings (SSSR count). The van der Waals surface area contributed by atoms with Crippen molar-refractivity contribution in [1.29, 1.82) is 0 Å². The van der Waals surface area contributed by atoms with Gasteiger partial charge in [-0.15, -0.1) is 0 Å². The van der Waals surface area contributed by atoms with Crippen LogP contribution in [0.15, 0.2) is 18.2 Å². The molecule has 0 saturated carbocycles. The number of morpholine rings is 1. The lowest BCUT2D eigenvalue weighted by atomic mass is 10.0. The zero-order valence-corrected chi connectivity index (χ0v) is 13.7. The first kappa shape index (κ1) is 16.7. The molecular weight excluding hydrogens is 284 g/mol. The maximum absolute atomic E-state index is 12.6. The molecule has 122 valence electrons. The van der Waals surface area contributed by atoms with E-state index in [1.165, 1.54) is 0 Å². The first-order chi connectivity index (χ1) is 10.4. The standard InChI is InChI=1S/C16H24N2O4/c1-16(2)11-18(9-13(22-16)10-20-3)15(19)8-12-6-5-7-14(17-12)21-4/h5-7,13H,8-11H2,1-4H3/t13-/m0/s1. The van der Waals surface area contributed by atoms with Crippen molar-refractivity contribution in [2.45, 2.75) is 32.0 Å². The van der Waals surface area contributed by atoms with Gasteiger partial charge in [0.05, 0.1) is 37.5 Å². The Kier molecular flexibility index (Phi) is 5.37. The Morgan fingerprint density at radius 2 is 2.23 bits per heavy atom. The Hall–Kier alpha value is -1.66. The van der Waals surface area contributed by atoms with Crippen LogP contribution in [0.4, 0.5) is 0 Å². The summed E-state index contributed by atoms with van der Waals surface area (Å²) in [5, 5.41) is 0. The predicted octanol–water partition coefficient (Wildman–Crippen LogP) is 1.29. The minimum Gasteiger partial charge on any atom is -0.481 e. The lowest BCUT2D eigenvalue weighted by Crippen LogP contribution is -2.56. The van der Waals surface area contributed by atoms with Gasteiger partial charge in [-0.05, 0) is 19.9 Å². The van der Waals surface area contributed by atoms with Crippen molar-refractivity contribution in [3.8, 4) is 5.88 Å². The third kappa shape index (κ3) is 4.42. The highest BCUT2D eigenvalue weighted by Crippen LogP contribution is 2.22. The van der Waals surface area contributed by atoms with Gasteiger partial charge in [0.15, 0.2) is 0 Å². The molecule has 0 unspecified atom stereocenters. The third-order valence-corrected chi connectivity index (χ3v) is 3.51. The fourth-order valence-electron chi connectivity index (χ4n) is 2.69. The first-order valence-electron chi connectivity index (χ1n) is 7.38. The average molecular weight is 308 g/mol. The van der Waals surface area contributed by atoms with E-state index in [1.807, 2.05) is 30.9 Å². The van der Waals surface area contributed by atoms with E-state index in [9.17, 15) is 4.79 Å². The van der Waals surface area contributed by atoms with Crippen molar-refractivity contribution < 1.29 is 19.0 Å². The van der Waals surface area contributed by atoms with Crippen LogP contribution in [0.3, 0.4) is 0 Å². The molecule has 1 aliphatic heterocycles. The predicted molar refractivity (Wildman–Crippen MR) is 81.9 cm³/mol. The molecule has 0 spiro atoms. The van der Waals surface area contributed by atoms with Gasteiger partial charge in [-0.1, -0.05) is 6.07 Å². The van der Waals surface area contributed by atoms with Crippen LogP contribution in [0.2, 0.25) is 0 Å². The summed E-state index contributed by atoms with van der Waals surface area (Å²) in [5.74, 6) is 0.558. The van der Waals surface area contributed by atoms with Crippen molar-refractivity contribution in [2.24, 2.45) is 0 Å². The van der Waals surface area contributed by atoms with E-state index in [-0.39, 0.29) is 24.0 Å². The van der Waals surface area contributed by atoms with E-state index in [0.717, 1.165) is 0 Å². The molecule has 6 heteroatoms. The van der Waals surface area contributed by atoms with Gasteiger partial charge in [-0.25, -0.2) is 4.98 Å². The number of hydrogen-bond donors (Lipinski definition) is 0. The van der Waals surface area contributed by atoms with Crippen molar-refractivity contribution in [1.82, 2.24) is 9.88 Å². The van der Waals surface area contributed by atoms with E-state index in [4.69, 9.17) is 14.2 Å². The van der Waals surface area contributed by atoms with Gasteiger partial charge in [-0.3, -0.25) is 4.79 Å². The van der Waals surface area contributed by atoms with Gasteiger partial charge in [0.1, 0.15) is 0 Å². The minimum atomic E-state index is -0.376. The molecular formula is C16H24N2O4. The molecule has 0 aromatic carbocycles. The first-order valence-corrected chi connectivity index (χ1v) is 7.38. The van der Waals surface area contributed by atoms with Gasteiger partial charge in [-0.2, -0.15) is 0 Å². The van der Waals surface area contributed by atoms with Crippen LogP contribution in [-0.2, 0) is 20.7 Å². The number of carbonyl (C=O) groups is 1. The van der Waals surface area contributed by atoms with Crippen LogP contribution in [0.25, 0.3) is 0 Å². The molecule has 1 amide bonds.